The Balaban J connectivity index is 1.75. The molecule has 1 atom stereocenters. The van der Waals surface area contributed by atoms with Crippen molar-refractivity contribution in [1.82, 2.24) is 29.8 Å². The minimum Gasteiger partial charge on any atom is -0.327 e. The van der Waals surface area contributed by atoms with Gasteiger partial charge in [-0.25, -0.2) is 9.78 Å². The second-order valence-corrected chi connectivity index (χ2v) is 5.77. The third-order valence-electron chi connectivity index (χ3n) is 4.16. The standard InChI is InChI=1S/C15H17N7O2/c23-13-10(4-2-6-17-13)19-14-18-8-11-12(21-14)22(15(24)20-11)9-3-1-5-16-7-9/h2,4,6,8-9,16H,1,3,5,7H2,(H,17,23)(H,20,24)(H,18,19,21). The Morgan fingerprint density at radius 2 is 2.25 bits per heavy atom. The van der Waals surface area contributed by atoms with E-state index in [2.05, 4.69) is 30.6 Å². The van der Waals surface area contributed by atoms with Gasteiger partial charge in [-0.2, -0.15) is 4.98 Å². The Morgan fingerprint density at radius 3 is 3.04 bits per heavy atom. The van der Waals surface area contributed by atoms with Gasteiger partial charge in [0.2, 0.25) is 5.95 Å². The molecule has 1 aliphatic heterocycles. The fourth-order valence-corrected chi connectivity index (χ4v) is 3.01. The van der Waals surface area contributed by atoms with Crippen LogP contribution in [0.25, 0.3) is 11.2 Å². The maximum Gasteiger partial charge on any atom is 0.328 e. The van der Waals surface area contributed by atoms with E-state index in [1.54, 1.807) is 29.1 Å². The van der Waals surface area contributed by atoms with Crippen LogP contribution in [0, 0.1) is 0 Å². The first-order valence-electron chi connectivity index (χ1n) is 7.85. The summed E-state index contributed by atoms with van der Waals surface area (Å²) in [6, 6.07) is 3.41. The number of hydrogen-bond acceptors (Lipinski definition) is 6. The van der Waals surface area contributed by atoms with Crippen molar-refractivity contribution in [1.29, 1.82) is 0 Å². The van der Waals surface area contributed by atoms with Gasteiger partial charge in [-0.1, -0.05) is 0 Å². The monoisotopic (exact) mass is 327 g/mol. The molecule has 0 spiro atoms. The van der Waals surface area contributed by atoms with Crippen LogP contribution in [-0.4, -0.2) is 37.6 Å². The van der Waals surface area contributed by atoms with Crippen molar-refractivity contribution in [3.05, 3.63) is 45.4 Å². The molecule has 9 heteroatoms. The van der Waals surface area contributed by atoms with Gasteiger partial charge in [0.25, 0.3) is 5.56 Å². The summed E-state index contributed by atoms with van der Waals surface area (Å²) < 4.78 is 1.67. The molecule has 3 aromatic rings. The van der Waals surface area contributed by atoms with Crippen LogP contribution in [0.4, 0.5) is 11.6 Å². The maximum atomic E-state index is 12.3. The summed E-state index contributed by atoms with van der Waals surface area (Å²) in [5, 5.41) is 6.19. The average Bonchev–Trinajstić information content (AvgIpc) is 2.93. The minimum atomic E-state index is -0.260. The molecule has 124 valence electrons. The Labute approximate surface area is 136 Å². The molecule has 0 amide bonds. The zero-order valence-corrected chi connectivity index (χ0v) is 12.9. The van der Waals surface area contributed by atoms with E-state index in [4.69, 9.17) is 0 Å². The SMILES string of the molecule is O=c1[nH]cccc1Nc1ncc2[nH]c(=O)n(C3CCCNC3)c2n1. The van der Waals surface area contributed by atoms with Crippen molar-refractivity contribution in [2.45, 2.75) is 18.9 Å². The van der Waals surface area contributed by atoms with E-state index in [9.17, 15) is 9.59 Å². The van der Waals surface area contributed by atoms with Crippen LogP contribution in [0.15, 0.2) is 34.1 Å². The van der Waals surface area contributed by atoms with Crippen LogP contribution in [-0.2, 0) is 0 Å². The van der Waals surface area contributed by atoms with Gasteiger partial charge in [-0.05, 0) is 31.5 Å². The molecule has 1 saturated heterocycles. The molecule has 0 aliphatic carbocycles. The number of aromatic amines is 2. The molecule has 0 bridgehead atoms. The van der Waals surface area contributed by atoms with Gasteiger partial charge in [0.15, 0.2) is 5.65 Å². The molecule has 0 saturated carbocycles. The van der Waals surface area contributed by atoms with E-state index >= 15 is 0 Å². The van der Waals surface area contributed by atoms with Crippen LogP contribution in [0.5, 0.6) is 0 Å². The van der Waals surface area contributed by atoms with E-state index in [1.807, 2.05) is 0 Å². The van der Waals surface area contributed by atoms with Crippen molar-refractivity contribution in [3.63, 3.8) is 0 Å². The number of aromatic nitrogens is 5. The summed E-state index contributed by atoms with van der Waals surface area (Å²) >= 11 is 0. The molecule has 9 nitrogen and oxygen atoms in total. The van der Waals surface area contributed by atoms with Crippen molar-refractivity contribution >= 4 is 22.8 Å². The number of fused-ring (bicyclic) bond motifs is 1. The third kappa shape index (κ3) is 2.58. The number of piperidine rings is 1. The summed E-state index contributed by atoms with van der Waals surface area (Å²) in [7, 11) is 0. The normalized spacial score (nSPS) is 17.9. The molecule has 24 heavy (non-hydrogen) atoms. The van der Waals surface area contributed by atoms with Gasteiger partial charge in [-0.3, -0.25) is 9.36 Å². The number of anilines is 2. The quantitative estimate of drug-likeness (QED) is 0.555. The predicted molar refractivity (Wildman–Crippen MR) is 89.6 cm³/mol. The van der Waals surface area contributed by atoms with Crippen molar-refractivity contribution in [3.8, 4) is 0 Å². The highest BCUT2D eigenvalue weighted by Gasteiger charge is 2.21. The molecular weight excluding hydrogens is 310 g/mol. The van der Waals surface area contributed by atoms with Crippen LogP contribution in [0.1, 0.15) is 18.9 Å². The van der Waals surface area contributed by atoms with Crippen LogP contribution < -0.4 is 21.9 Å². The lowest BCUT2D eigenvalue weighted by Gasteiger charge is -2.23. The number of H-pyrrole nitrogens is 2. The summed E-state index contributed by atoms with van der Waals surface area (Å²) in [5.41, 5.74) is 1.02. The van der Waals surface area contributed by atoms with Crippen molar-refractivity contribution < 1.29 is 0 Å². The number of nitrogens with one attached hydrogen (secondary N) is 4. The Bertz CT molecular complexity index is 981. The van der Waals surface area contributed by atoms with Crippen LogP contribution >= 0.6 is 0 Å². The first kappa shape index (κ1) is 14.6. The van der Waals surface area contributed by atoms with E-state index < -0.39 is 0 Å². The van der Waals surface area contributed by atoms with Crippen LogP contribution in [0.3, 0.4) is 0 Å². The molecule has 0 radical (unpaired) electrons. The first-order chi connectivity index (χ1) is 11.7. The lowest BCUT2D eigenvalue weighted by atomic mass is 10.1. The summed E-state index contributed by atoms with van der Waals surface area (Å²) in [4.78, 5) is 38.0. The average molecular weight is 327 g/mol. The molecule has 1 aliphatic rings. The van der Waals surface area contributed by atoms with Gasteiger partial charge in [0, 0.05) is 12.7 Å². The second-order valence-electron chi connectivity index (χ2n) is 5.77. The van der Waals surface area contributed by atoms with Crippen molar-refractivity contribution in [2.75, 3.05) is 18.4 Å². The molecule has 4 N–H and O–H groups in total. The highest BCUT2D eigenvalue weighted by molar-refractivity contribution is 5.72. The highest BCUT2D eigenvalue weighted by atomic mass is 16.1. The predicted octanol–water partition coefficient (Wildman–Crippen LogP) is 0.476. The van der Waals surface area contributed by atoms with Gasteiger partial charge in [0.1, 0.15) is 11.2 Å². The number of pyridine rings is 1. The molecule has 1 fully saturated rings. The highest BCUT2D eigenvalue weighted by Crippen LogP contribution is 2.20. The zero-order chi connectivity index (χ0) is 16.5. The minimum absolute atomic E-state index is 0.0582. The summed E-state index contributed by atoms with van der Waals surface area (Å²) in [5.74, 6) is 0.274. The fraction of sp³-hybridized carbons (Fsp3) is 0.333. The van der Waals surface area contributed by atoms with Gasteiger partial charge in [-0.15, -0.1) is 0 Å². The molecule has 1 unspecified atom stereocenters. The summed E-state index contributed by atoms with van der Waals surface area (Å²) in [6.07, 6.45) is 5.04. The smallest absolute Gasteiger partial charge is 0.327 e. The fourth-order valence-electron chi connectivity index (χ4n) is 3.01. The lowest BCUT2D eigenvalue weighted by Crippen LogP contribution is -2.35. The lowest BCUT2D eigenvalue weighted by molar-refractivity contribution is 0.370. The Kier molecular flexibility index (Phi) is 3.62. The van der Waals surface area contributed by atoms with E-state index in [0.29, 0.717) is 16.9 Å². The van der Waals surface area contributed by atoms with Crippen molar-refractivity contribution in [2.24, 2.45) is 0 Å². The van der Waals surface area contributed by atoms with Gasteiger partial charge >= 0.3 is 5.69 Å². The molecule has 0 aromatic carbocycles. The number of rotatable bonds is 3. The van der Waals surface area contributed by atoms with Gasteiger partial charge < -0.3 is 20.6 Å². The van der Waals surface area contributed by atoms with E-state index in [1.165, 1.54) is 0 Å². The van der Waals surface area contributed by atoms with E-state index in [0.717, 1.165) is 25.9 Å². The maximum absolute atomic E-state index is 12.3. The molecule has 4 heterocycles. The topological polar surface area (TPSA) is 120 Å². The number of hydrogen-bond donors (Lipinski definition) is 4. The Morgan fingerprint density at radius 1 is 1.33 bits per heavy atom. The number of nitrogens with zero attached hydrogens (tertiary/aromatic N) is 3. The molecule has 3 aromatic heterocycles. The number of imidazole rings is 1. The Hall–Kier alpha value is -2.94. The first-order valence-corrected chi connectivity index (χ1v) is 7.85. The van der Waals surface area contributed by atoms with Gasteiger partial charge in [0.05, 0.1) is 12.2 Å². The largest absolute Gasteiger partial charge is 0.328 e. The third-order valence-corrected chi connectivity index (χ3v) is 4.16. The van der Waals surface area contributed by atoms with E-state index in [-0.39, 0.29) is 23.2 Å². The zero-order valence-electron chi connectivity index (χ0n) is 12.9. The van der Waals surface area contributed by atoms with Crippen LogP contribution in [0.2, 0.25) is 0 Å². The summed E-state index contributed by atoms with van der Waals surface area (Å²) in [6.45, 7) is 1.70. The second kappa shape index (κ2) is 5.93. The molecule has 4 rings (SSSR count). The molecular formula is C15H17N7O2.